The van der Waals surface area contributed by atoms with Crippen LogP contribution in [0.1, 0.15) is 25.8 Å². The lowest BCUT2D eigenvalue weighted by Gasteiger charge is -2.16. The average molecular weight is 248 g/mol. The normalized spacial score (nSPS) is 19.0. The Morgan fingerprint density at radius 2 is 2.17 bits per heavy atom. The van der Waals surface area contributed by atoms with Crippen LogP contribution < -0.4 is 10.2 Å². The van der Waals surface area contributed by atoms with Crippen LogP contribution in [-0.4, -0.2) is 35.5 Å². The third kappa shape index (κ3) is 2.78. The number of amides is 1. The highest BCUT2D eigenvalue weighted by Gasteiger charge is 2.29. The van der Waals surface area contributed by atoms with E-state index in [9.17, 15) is 4.79 Å². The number of aromatic nitrogens is 2. The van der Waals surface area contributed by atoms with Gasteiger partial charge in [-0.25, -0.2) is 9.97 Å². The molecule has 18 heavy (non-hydrogen) atoms. The van der Waals surface area contributed by atoms with Gasteiger partial charge in [0.05, 0.1) is 5.92 Å². The molecule has 0 bridgehead atoms. The SMILES string of the molecule is CCNC(=O)C1CCN(c2ncc(CC)cn2)C1. The second-order valence-corrected chi connectivity index (χ2v) is 4.57. The molecule has 1 saturated heterocycles. The van der Waals surface area contributed by atoms with Crippen LogP contribution in [0.2, 0.25) is 0 Å². The molecule has 2 heterocycles. The third-order valence-electron chi connectivity index (χ3n) is 3.29. The smallest absolute Gasteiger partial charge is 0.225 e. The van der Waals surface area contributed by atoms with Gasteiger partial charge in [-0.3, -0.25) is 4.79 Å². The zero-order chi connectivity index (χ0) is 13.0. The van der Waals surface area contributed by atoms with Crippen molar-refractivity contribution in [1.82, 2.24) is 15.3 Å². The van der Waals surface area contributed by atoms with Crippen molar-refractivity contribution in [3.8, 4) is 0 Å². The molecule has 0 spiro atoms. The van der Waals surface area contributed by atoms with Crippen molar-refractivity contribution < 1.29 is 4.79 Å². The summed E-state index contributed by atoms with van der Waals surface area (Å²) >= 11 is 0. The van der Waals surface area contributed by atoms with Crippen molar-refractivity contribution in [2.75, 3.05) is 24.5 Å². The standard InChI is InChI=1S/C13H20N4O/c1-3-10-7-15-13(16-8-10)17-6-5-11(9-17)12(18)14-4-2/h7-8,11H,3-6,9H2,1-2H3,(H,14,18). The maximum absolute atomic E-state index is 11.7. The quantitative estimate of drug-likeness (QED) is 0.863. The molecular weight excluding hydrogens is 228 g/mol. The first-order valence-electron chi connectivity index (χ1n) is 6.58. The van der Waals surface area contributed by atoms with Crippen molar-refractivity contribution in [2.45, 2.75) is 26.7 Å². The molecule has 1 unspecified atom stereocenters. The number of anilines is 1. The predicted molar refractivity (Wildman–Crippen MR) is 70.4 cm³/mol. The van der Waals surface area contributed by atoms with Gasteiger partial charge in [0.15, 0.2) is 0 Å². The Labute approximate surface area is 108 Å². The summed E-state index contributed by atoms with van der Waals surface area (Å²) in [5, 5.41) is 2.87. The van der Waals surface area contributed by atoms with Crippen LogP contribution in [0.4, 0.5) is 5.95 Å². The van der Waals surface area contributed by atoms with Crippen molar-refractivity contribution in [3.05, 3.63) is 18.0 Å². The predicted octanol–water partition coefficient (Wildman–Crippen LogP) is 1.00. The second kappa shape index (κ2) is 5.80. The fraction of sp³-hybridized carbons (Fsp3) is 0.615. The van der Waals surface area contributed by atoms with Gasteiger partial charge in [0.25, 0.3) is 0 Å². The summed E-state index contributed by atoms with van der Waals surface area (Å²) in [4.78, 5) is 22.5. The van der Waals surface area contributed by atoms with Gasteiger partial charge in [0, 0.05) is 32.0 Å². The zero-order valence-electron chi connectivity index (χ0n) is 11.0. The molecule has 0 aliphatic carbocycles. The molecule has 0 saturated carbocycles. The number of hydrogen-bond acceptors (Lipinski definition) is 4. The molecule has 5 nitrogen and oxygen atoms in total. The number of carbonyl (C=O) groups excluding carboxylic acids is 1. The van der Waals surface area contributed by atoms with Gasteiger partial charge in [0.1, 0.15) is 0 Å². The van der Waals surface area contributed by atoms with E-state index in [4.69, 9.17) is 0 Å². The van der Waals surface area contributed by atoms with E-state index >= 15 is 0 Å². The van der Waals surface area contributed by atoms with Gasteiger partial charge in [-0.1, -0.05) is 6.92 Å². The first-order valence-corrected chi connectivity index (χ1v) is 6.58. The van der Waals surface area contributed by atoms with Crippen LogP contribution in [0.3, 0.4) is 0 Å². The van der Waals surface area contributed by atoms with E-state index in [0.29, 0.717) is 6.54 Å². The van der Waals surface area contributed by atoms with Gasteiger partial charge in [0.2, 0.25) is 11.9 Å². The van der Waals surface area contributed by atoms with Crippen molar-refractivity contribution in [3.63, 3.8) is 0 Å². The molecule has 0 radical (unpaired) electrons. The molecule has 0 aromatic carbocycles. The molecular formula is C13H20N4O. The van der Waals surface area contributed by atoms with Gasteiger partial charge < -0.3 is 10.2 Å². The Morgan fingerprint density at radius 3 is 2.78 bits per heavy atom. The lowest BCUT2D eigenvalue weighted by molar-refractivity contribution is -0.124. The maximum Gasteiger partial charge on any atom is 0.225 e. The van der Waals surface area contributed by atoms with E-state index in [1.165, 1.54) is 0 Å². The van der Waals surface area contributed by atoms with Crippen LogP contribution in [0, 0.1) is 5.92 Å². The van der Waals surface area contributed by atoms with Crippen LogP contribution in [0.15, 0.2) is 12.4 Å². The minimum Gasteiger partial charge on any atom is -0.356 e. The number of hydrogen-bond donors (Lipinski definition) is 1. The highest BCUT2D eigenvalue weighted by Crippen LogP contribution is 2.20. The molecule has 1 amide bonds. The number of nitrogens with zero attached hydrogens (tertiary/aromatic N) is 3. The van der Waals surface area contributed by atoms with Crippen LogP contribution >= 0.6 is 0 Å². The average Bonchev–Trinajstić information content (AvgIpc) is 2.89. The monoisotopic (exact) mass is 248 g/mol. The Bertz CT molecular complexity index is 404. The van der Waals surface area contributed by atoms with E-state index in [1.54, 1.807) is 0 Å². The molecule has 1 aromatic heterocycles. The van der Waals surface area contributed by atoms with Crippen molar-refractivity contribution in [1.29, 1.82) is 0 Å². The molecule has 1 aromatic rings. The lowest BCUT2D eigenvalue weighted by Crippen LogP contribution is -2.32. The molecule has 2 rings (SSSR count). The second-order valence-electron chi connectivity index (χ2n) is 4.57. The number of rotatable bonds is 4. The van der Waals surface area contributed by atoms with Gasteiger partial charge in [-0.05, 0) is 25.3 Å². The fourth-order valence-corrected chi connectivity index (χ4v) is 2.17. The van der Waals surface area contributed by atoms with Crippen LogP contribution in [0.25, 0.3) is 0 Å². The topological polar surface area (TPSA) is 58.1 Å². The van der Waals surface area contributed by atoms with Gasteiger partial charge in [-0.15, -0.1) is 0 Å². The third-order valence-corrected chi connectivity index (χ3v) is 3.29. The summed E-state index contributed by atoms with van der Waals surface area (Å²) in [5.74, 6) is 0.948. The summed E-state index contributed by atoms with van der Waals surface area (Å²) in [6, 6.07) is 0. The van der Waals surface area contributed by atoms with E-state index in [-0.39, 0.29) is 11.8 Å². The van der Waals surface area contributed by atoms with Crippen LogP contribution in [0.5, 0.6) is 0 Å². The highest BCUT2D eigenvalue weighted by molar-refractivity contribution is 5.79. The Balaban J connectivity index is 1.97. The number of carbonyl (C=O) groups is 1. The van der Waals surface area contributed by atoms with Gasteiger partial charge in [-0.2, -0.15) is 0 Å². The number of aryl methyl sites for hydroxylation is 1. The van der Waals surface area contributed by atoms with E-state index < -0.39 is 0 Å². The summed E-state index contributed by atoms with van der Waals surface area (Å²) in [5.41, 5.74) is 1.14. The first kappa shape index (κ1) is 12.8. The maximum atomic E-state index is 11.7. The molecule has 1 atom stereocenters. The molecule has 5 heteroatoms. The van der Waals surface area contributed by atoms with E-state index in [0.717, 1.165) is 37.4 Å². The molecule has 1 aliphatic rings. The summed E-state index contributed by atoms with van der Waals surface area (Å²) in [6.45, 7) is 6.29. The Kier molecular flexibility index (Phi) is 4.12. The van der Waals surface area contributed by atoms with E-state index in [1.807, 2.05) is 19.3 Å². The zero-order valence-corrected chi connectivity index (χ0v) is 11.0. The lowest BCUT2D eigenvalue weighted by atomic mass is 10.1. The minimum absolute atomic E-state index is 0.0689. The Morgan fingerprint density at radius 1 is 1.44 bits per heavy atom. The number of nitrogens with one attached hydrogen (secondary N) is 1. The summed E-state index contributed by atoms with van der Waals surface area (Å²) in [7, 11) is 0. The molecule has 1 fully saturated rings. The van der Waals surface area contributed by atoms with Crippen molar-refractivity contribution in [2.24, 2.45) is 5.92 Å². The largest absolute Gasteiger partial charge is 0.356 e. The van der Waals surface area contributed by atoms with Gasteiger partial charge >= 0.3 is 0 Å². The molecule has 1 aliphatic heterocycles. The van der Waals surface area contributed by atoms with Crippen LogP contribution in [-0.2, 0) is 11.2 Å². The van der Waals surface area contributed by atoms with E-state index in [2.05, 4.69) is 27.1 Å². The van der Waals surface area contributed by atoms with Crippen molar-refractivity contribution >= 4 is 11.9 Å². The minimum atomic E-state index is 0.0689. The summed E-state index contributed by atoms with van der Waals surface area (Å²) in [6.07, 6.45) is 5.55. The highest BCUT2D eigenvalue weighted by atomic mass is 16.1. The molecule has 98 valence electrons. The fourth-order valence-electron chi connectivity index (χ4n) is 2.17. The molecule has 1 N–H and O–H groups in total. The Hall–Kier alpha value is -1.65. The first-order chi connectivity index (χ1) is 8.74. The summed E-state index contributed by atoms with van der Waals surface area (Å²) < 4.78 is 0.